The normalized spacial score (nSPS) is 19.7. The molecule has 0 saturated carbocycles. The third kappa shape index (κ3) is 4.94. The van der Waals surface area contributed by atoms with Crippen LogP contribution in [0.2, 0.25) is 0 Å². The van der Waals surface area contributed by atoms with Crippen molar-refractivity contribution in [2.24, 2.45) is 11.8 Å². The van der Waals surface area contributed by atoms with E-state index in [2.05, 4.69) is 10.6 Å². The van der Waals surface area contributed by atoms with Crippen LogP contribution in [-0.2, 0) is 9.59 Å². The molecule has 1 aliphatic rings. The number of hydrogen-bond donors (Lipinski definition) is 3. The SMILES string of the molecule is CCC(C)(C)NC(=O)c1ccc(NC(=O)[C@H]2CC=CC[C@H]2C(=O)O)cc1. The highest BCUT2D eigenvalue weighted by molar-refractivity contribution is 5.97. The minimum Gasteiger partial charge on any atom is -0.481 e. The van der Waals surface area contributed by atoms with E-state index in [4.69, 9.17) is 0 Å². The van der Waals surface area contributed by atoms with E-state index >= 15 is 0 Å². The third-order valence-electron chi connectivity index (χ3n) is 4.84. The summed E-state index contributed by atoms with van der Waals surface area (Å²) >= 11 is 0. The van der Waals surface area contributed by atoms with Gasteiger partial charge in [0.05, 0.1) is 11.8 Å². The van der Waals surface area contributed by atoms with Crippen LogP contribution in [0.3, 0.4) is 0 Å². The number of carbonyl (C=O) groups is 3. The summed E-state index contributed by atoms with van der Waals surface area (Å²) in [4.78, 5) is 36.0. The van der Waals surface area contributed by atoms with Crippen LogP contribution in [-0.4, -0.2) is 28.4 Å². The Morgan fingerprint density at radius 1 is 1.08 bits per heavy atom. The standard InChI is InChI=1S/C20H26N2O4/c1-4-20(2,3)22-17(23)13-9-11-14(12-10-13)21-18(24)15-7-5-6-8-16(15)19(25)26/h5-6,9-12,15-16H,4,7-8H2,1-3H3,(H,21,24)(H,22,23)(H,25,26)/t15-,16+/m0/s1. The second kappa shape index (κ2) is 8.17. The molecule has 0 aliphatic heterocycles. The molecule has 6 heteroatoms. The Labute approximate surface area is 153 Å². The number of rotatable bonds is 6. The predicted molar refractivity (Wildman–Crippen MR) is 99.9 cm³/mol. The van der Waals surface area contributed by atoms with Crippen molar-refractivity contribution in [1.82, 2.24) is 5.32 Å². The van der Waals surface area contributed by atoms with E-state index in [-0.39, 0.29) is 17.4 Å². The smallest absolute Gasteiger partial charge is 0.307 e. The summed E-state index contributed by atoms with van der Waals surface area (Å²) < 4.78 is 0. The van der Waals surface area contributed by atoms with Gasteiger partial charge in [-0.15, -0.1) is 0 Å². The lowest BCUT2D eigenvalue weighted by Gasteiger charge is -2.25. The number of carboxylic acids is 1. The van der Waals surface area contributed by atoms with Gasteiger partial charge in [0, 0.05) is 16.8 Å². The van der Waals surface area contributed by atoms with Gasteiger partial charge in [0.2, 0.25) is 5.91 Å². The zero-order chi connectivity index (χ0) is 19.3. The molecule has 2 amide bonds. The van der Waals surface area contributed by atoms with Gasteiger partial charge < -0.3 is 15.7 Å². The molecule has 26 heavy (non-hydrogen) atoms. The molecular weight excluding hydrogens is 332 g/mol. The Morgan fingerprint density at radius 3 is 2.19 bits per heavy atom. The topological polar surface area (TPSA) is 95.5 Å². The second-order valence-corrected chi connectivity index (χ2v) is 7.25. The molecule has 0 fully saturated rings. The number of hydrogen-bond acceptors (Lipinski definition) is 3. The Kier molecular flexibility index (Phi) is 6.18. The van der Waals surface area contributed by atoms with Crippen LogP contribution in [0.5, 0.6) is 0 Å². The first-order valence-electron chi connectivity index (χ1n) is 8.85. The highest BCUT2D eigenvalue weighted by atomic mass is 16.4. The first kappa shape index (κ1) is 19.7. The van der Waals surface area contributed by atoms with Gasteiger partial charge in [-0.3, -0.25) is 14.4 Å². The average Bonchev–Trinajstić information content (AvgIpc) is 2.61. The van der Waals surface area contributed by atoms with Gasteiger partial charge in [0.15, 0.2) is 0 Å². The molecule has 140 valence electrons. The molecule has 1 aromatic carbocycles. The van der Waals surface area contributed by atoms with Crippen molar-refractivity contribution >= 4 is 23.5 Å². The zero-order valence-corrected chi connectivity index (χ0v) is 15.4. The fourth-order valence-electron chi connectivity index (χ4n) is 2.78. The van der Waals surface area contributed by atoms with Crippen molar-refractivity contribution in [2.75, 3.05) is 5.32 Å². The Balaban J connectivity index is 2.02. The van der Waals surface area contributed by atoms with E-state index in [1.165, 1.54) is 0 Å². The predicted octanol–water partition coefficient (Wildman–Crippen LogP) is 3.21. The van der Waals surface area contributed by atoms with Crippen molar-refractivity contribution < 1.29 is 19.5 Å². The number of anilines is 1. The summed E-state index contributed by atoms with van der Waals surface area (Å²) in [5, 5.41) is 15.0. The summed E-state index contributed by atoms with van der Waals surface area (Å²) in [6.45, 7) is 5.91. The van der Waals surface area contributed by atoms with E-state index in [1.54, 1.807) is 30.3 Å². The first-order chi connectivity index (χ1) is 12.2. The molecule has 0 saturated heterocycles. The van der Waals surface area contributed by atoms with Crippen molar-refractivity contribution in [3.8, 4) is 0 Å². The summed E-state index contributed by atoms with van der Waals surface area (Å²) in [5.41, 5.74) is 0.762. The van der Waals surface area contributed by atoms with Gasteiger partial charge in [-0.05, 0) is 57.4 Å². The summed E-state index contributed by atoms with van der Waals surface area (Å²) in [6.07, 6.45) is 5.23. The number of carbonyl (C=O) groups excluding carboxylic acids is 2. The first-order valence-corrected chi connectivity index (χ1v) is 8.85. The lowest BCUT2D eigenvalue weighted by molar-refractivity contribution is -0.146. The van der Waals surface area contributed by atoms with E-state index in [1.807, 2.05) is 26.8 Å². The van der Waals surface area contributed by atoms with Crippen molar-refractivity contribution in [3.05, 3.63) is 42.0 Å². The minimum atomic E-state index is -0.958. The molecule has 2 rings (SSSR count). The Bertz CT molecular complexity index is 707. The highest BCUT2D eigenvalue weighted by Gasteiger charge is 2.33. The Hall–Kier alpha value is -2.63. The maximum atomic E-state index is 12.4. The molecule has 0 heterocycles. The number of allylic oxidation sites excluding steroid dienone is 2. The average molecular weight is 358 g/mol. The zero-order valence-electron chi connectivity index (χ0n) is 15.4. The largest absolute Gasteiger partial charge is 0.481 e. The monoisotopic (exact) mass is 358 g/mol. The van der Waals surface area contributed by atoms with Crippen molar-refractivity contribution in [2.45, 2.75) is 45.6 Å². The summed E-state index contributed by atoms with van der Waals surface area (Å²) in [5.74, 6) is -2.74. The van der Waals surface area contributed by atoms with Crippen LogP contribution in [0.15, 0.2) is 36.4 Å². The molecule has 1 aliphatic carbocycles. The van der Waals surface area contributed by atoms with Gasteiger partial charge in [-0.25, -0.2) is 0 Å². The fourth-order valence-corrected chi connectivity index (χ4v) is 2.78. The Morgan fingerprint density at radius 2 is 1.65 bits per heavy atom. The molecule has 0 unspecified atom stereocenters. The van der Waals surface area contributed by atoms with Gasteiger partial charge >= 0.3 is 5.97 Å². The number of carboxylic acid groups (broad SMARTS) is 1. The second-order valence-electron chi connectivity index (χ2n) is 7.25. The maximum Gasteiger partial charge on any atom is 0.307 e. The highest BCUT2D eigenvalue weighted by Crippen LogP contribution is 2.27. The molecule has 0 radical (unpaired) electrons. The van der Waals surface area contributed by atoms with Crippen LogP contribution in [0.1, 0.15) is 50.4 Å². The molecule has 0 aromatic heterocycles. The minimum absolute atomic E-state index is 0.168. The van der Waals surface area contributed by atoms with Gasteiger partial charge in [-0.1, -0.05) is 19.1 Å². The van der Waals surface area contributed by atoms with Gasteiger partial charge in [0.25, 0.3) is 5.91 Å². The number of amides is 2. The number of benzene rings is 1. The maximum absolute atomic E-state index is 12.4. The number of aliphatic carboxylic acids is 1. The summed E-state index contributed by atoms with van der Waals surface area (Å²) in [6, 6.07) is 6.60. The van der Waals surface area contributed by atoms with Gasteiger partial charge in [-0.2, -0.15) is 0 Å². The van der Waals surface area contributed by atoms with Crippen LogP contribution in [0.25, 0.3) is 0 Å². The van der Waals surface area contributed by atoms with E-state index in [0.717, 1.165) is 6.42 Å². The number of nitrogens with one attached hydrogen (secondary N) is 2. The lowest BCUT2D eigenvalue weighted by atomic mass is 9.82. The molecule has 3 N–H and O–H groups in total. The molecule has 1 aromatic rings. The third-order valence-corrected chi connectivity index (χ3v) is 4.84. The van der Waals surface area contributed by atoms with Gasteiger partial charge in [0.1, 0.15) is 0 Å². The van der Waals surface area contributed by atoms with Crippen LogP contribution in [0.4, 0.5) is 5.69 Å². The van der Waals surface area contributed by atoms with Crippen molar-refractivity contribution in [3.63, 3.8) is 0 Å². The fraction of sp³-hybridized carbons (Fsp3) is 0.450. The quantitative estimate of drug-likeness (QED) is 0.681. The summed E-state index contributed by atoms with van der Waals surface area (Å²) in [7, 11) is 0. The molecule has 0 spiro atoms. The molecule has 0 bridgehead atoms. The van der Waals surface area contributed by atoms with E-state index in [9.17, 15) is 19.5 Å². The van der Waals surface area contributed by atoms with Crippen molar-refractivity contribution in [1.29, 1.82) is 0 Å². The molecule has 6 nitrogen and oxygen atoms in total. The van der Waals surface area contributed by atoms with Crippen LogP contribution >= 0.6 is 0 Å². The van der Waals surface area contributed by atoms with E-state index in [0.29, 0.717) is 24.1 Å². The van der Waals surface area contributed by atoms with Crippen LogP contribution in [0, 0.1) is 11.8 Å². The molecule has 2 atom stereocenters. The molecular formula is C20H26N2O4. The lowest BCUT2D eigenvalue weighted by Crippen LogP contribution is -2.42. The van der Waals surface area contributed by atoms with Crippen LogP contribution < -0.4 is 10.6 Å². The van der Waals surface area contributed by atoms with E-state index < -0.39 is 17.8 Å².